The maximum atomic E-state index is 11.3. The fourth-order valence-electron chi connectivity index (χ4n) is 1.45. The van der Waals surface area contributed by atoms with Crippen molar-refractivity contribution in [1.29, 1.82) is 0 Å². The molecule has 3 N–H and O–H groups in total. The van der Waals surface area contributed by atoms with Crippen molar-refractivity contribution < 1.29 is 4.79 Å². The van der Waals surface area contributed by atoms with Gasteiger partial charge in [-0.15, -0.1) is 0 Å². The van der Waals surface area contributed by atoms with Gasteiger partial charge in [0.2, 0.25) is 5.91 Å². The first-order chi connectivity index (χ1) is 6.68. The highest BCUT2D eigenvalue weighted by atomic mass is 32.2. The minimum Gasteiger partial charge on any atom is -0.356 e. The number of nitrogens with one attached hydrogen (secondary N) is 1. The summed E-state index contributed by atoms with van der Waals surface area (Å²) in [5.41, 5.74) is 5.58. The Morgan fingerprint density at radius 3 is 3.07 bits per heavy atom. The number of carbonyl (C=O) groups excluding carboxylic acids is 1. The fourth-order valence-corrected chi connectivity index (χ4v) is 2.73. The molecule has 2 unspecified atom stereocenters. The second-order valence-corrected chi connectivity index (χ2v) is 5.20. The minimum atomic E-state index is 0.128. The van der Waals surface area contributed by atoms with E-state index in [0.717, 1.165) is 13.0 Å². The Labute approximate surface area is 90.2 Å². The molecule has 82 valence electrons. The van der Waals surface area contributed by atoms with E-state index in [9.17, 15) is 4.79 Å². The normalized spacial score (nSPS) is 23.4. The smallest absolute Gasteiger partial charge is 0.220 e. The van der Waals surface area contributed by atoms with Gasteiger partial charge in [0.25, 0.3) is 0 Å². The summed E-state index contributed by atoms with van der Waals surface area (Å²) in [6, 6.07) is 0.128. The van der Waals surface area contributed by atoms with Gasteiger partial charge in [-0.05, 0) is 37.2 Å². The van der Waals surface area contributed by atoms with Gasteiger partial charge < -0.3 is 11.1 Å². The Balaban J connectivity index is 2.02. The van der Waals surface area contributed by atoms with Crippen LogP contribution in [0.15, 0.2) is 0 Å². The minimum absolute atomic E-state index is 0.128. The van der Waals surface area contributed by atoms with Crippen molar-refractivity contribution >= 4 is 17.7 Å². The van der Waals surface area contributed by atoms with Crippen LogP contribution in [0.5, 0.6) is 0 Å². The van der Waals surface area contributed by atoms with Gasteiger partial charge in [-0.2, -0.15) is 11.8 Å². The number of hydrogen-bond acceptors (Lipinski definition) is 3. The van der Waals surface area contributed by atoms with Crippen LogP contribution < -0.4 is 11.1 Å². The lowest BCUT2D eigenvalue weighted by molar-refractivity contribution is -0.121. The van der Waals surface area contributed by atoms with Crippen molar-refractivity contribution in [2.45, 2.75) is 32.2 Å². The number of nitrogens with two attached hydrogens (primary N) is 1. The molecule has 3 nitrogen and oxygen atoms in total. The molecular formula is C10H20N2OS. The molecule has 0 saturated carbocycles. The van der Waals surface area contributed by atoms with Crippen LogP contribution in [-0.2, 0) is 4.79 Å². The Hall–Kier alpha value is -0.220. The molecule has 1 saturated heterocycles. The fraction of sp³-hybridized carbons (Fsp3) is 0.900. The van der Waals surface area contributed by atoms with Gasteiger partial charge in [0.1, 0.15) is 0 Å². The lowest BCUT2D eigenvalue weighted by Crippen LogP contribution is -2.30. The molecule has 1 amide bonds. The maximum Gasteiger partial charge on any atom is 0.220 e. The SMILES string of the molecule is CC(N)CCC(=O)NCC1CCSC1. The standard InChI is InChI=1S/C10H20N2OS/c1-8(11)2-3-10(13)12-6-9-4-5-14-7-9/h8-9H,2-7,11H2,1H3,(H,12,13). The van der Waals surface area contributed by atoms with Gasteiger partial charge in [0.15, 0.2) is 0 Å². The van der Waals surface area contributed by atoms with Gasteiger partial charge in [-0.1, -0.05) is 0 Å². The lowest BCUT2D eigenvalue weighted by atomic mass is 10.1. The highest BCUT2D eigenvalue weighted by Gasteiger charge is 2.15. The maximum absolute atomic E-state index is 11.3. The molecule has 0 aromatic rings. The van der Waals surface area contributed by atoms with Crippen molar-refractivity contribution in [2.75, 3.05) is 18.1 Å². The molecule has 0 aromatic heterocycles. The first-order valence-corrected chi connectivity index (χ1v) is 6.44. The zero-order valence-electron chi connectivity index (χ0n) is 8.79. The highest BCUT2D eigenvalue weighted by Crippen LogP contribution is 2.22. The summed E-state index contributed by atoms with van der Waals surface area (Å²) in [4.78, 5) is 11.3. The quantitative estimate of drug-likeness (QED) is 0.720. The topological polar surface area (TPSA) is 55.1 Å². The van der Waals surface area contributed by atoms with E-state index in [1.165, 1.54) is 17.9 Å². The summed E-state index contributed by atoms with van der Waals surface area (Å²) in [7, 11) is 0. The predicted octanol–water partition coefficient (Wildman–Crippen LogP) is 0.983. The van der Waals surface area contributed by atoms with Crippen LogP contribution in [-0.4, -0.2) is 30.0 Å². The molecule has 1 rings (SSSR count). The first-order valence-electron chi connectivity index (χ1n) is 5.28. The van der Waals surface area contributed by atoms with Crippen LogP contribution in [0.1, 0.15) is 26.2 Å². The molecule has 1 aliphatic heterocycles. The summed E-state index contributed by atoms with van der Waals surface area (Å²) < 4.78 is 0. The van der Waals surface area contributed by atoms with E-state index in [-0.39, 0.29) is 11.9 Å². The van der Waals surface area contributed by atoms with E-state index >= 15 is 0 Å². The van der Waals surface area contributed by atoms with Crippen LogP contribution in [0.3, 0.4) is 0 Å². The molecule has 4 heteroatoms. The first kappa shape index (κ1) is 11.9. The van der Waals surface area contributed by atoms with Gasteiger partial charge in [-0.25, -0.2) is 0 Å². The van der Waals surface area contributed by atoms with E-state index in [0.29, 0.717) is 12.3 Å². The summed E-state index contributed by atoms with van der Waals surface area (Å²) in [5, 5.41) is 2.97. The molecule has 1 heterocycles. The van der Waals surface area contributed by atoms with Crippen molar-refractivity contribution in [3.05, 3.63) is 0 Å². The third-order valence-corrected chi connectivity index (χ3v) is 3.67. The van der Waals surface area contributed by atoms with Gasteiger partial charge in [-0.3, -0.25) is 4.79 Å². The van der Waals surface area contributed by atoms with Crippen LogP contribution in [0.2, 0.25) is 0 Å². The second kappa shape index (κ2) is 6.30. The van der Waals surface area contributed by atoms with Crippen molar-refractivity contribution in [3.8, 4) is 0 Å². The Kier molecular flexibility index (Phi) is 5.33. The molecule has 0 bridgehead atoms. The average molecular weight is 216 g/mol. The summed E-state index contributed by atoms with van der Waals surface area (Å²) in [5.74, 6) is 3.30. The monoisotopic (exact) mass is 216 g/mol. The molecule has 0 radical (unpaired) electrons. The molecule has 2 atom stereocenters. The van der Waals surface area contributed by atoms with E-state index in [2.05, 4.69) is 5.32 Å². The summed E-state index contributed by atoms with van der Waals surface area (Å²) >= 11 is 1.98. The van der Waals surface area contributed by atoms with Crippen LogP contribution >= 0.6 is 11.8 Å². The van der Waals surface area contributed by atoms with E-state index in [4.69, 9.17) is 5.73 Å². The van der Waals surface area contributed by atoms with Gasteiger partial charge in [0.05, 0.1) is 0 Å². The lowest BCUT2D eigenvalue weighted by Gasteiger charge is -2.10. The van der Waals surface area contributed by atoms with E-state index < -0.39 is 0 Å². The summed E-state index contributed by atoms with van der Waals surface area (Å²) in [6.45, 7) is 2.78. The number of amides is 1. The zero-order valence-corrected chi connectivity index (χ0v) is 9.61. The van der Waals surface area contributed by atoms with E-state index in [1.807, 2.05) is 18.7 Å². The van der Waals surface area contributed by atoms with Crippen LogP contribution in [0.25, 0.3) is 0 Å². The molecule has 0 spiro atoms. The Morgan fingerprint density at radius 1 is 1.71 bits per heavy atom. The molecule has 1 aliphatic rings. The number of carbonyl (C=O) groups is 1. The number of hydrogen-bond donors (Lipinski definition) is 2. The largest absolute Gasteiger partial charge is 0.356 e. The Morgan fingerprint density at radius 2 is 2.50 bits per heavy atom. The van der Waals surface area contributed by atoms with Crippen molar-refractivity contribution in [3.63, 3.8) is 0 Å². The van der Waals surface area contributed by atoms with Gasteiger partial charge >= 0.3 is 0 Å². The number of thioether (sulfide) groups is 1. The third-order valence-electron chi connectivity index (χ3n) is 2.44. The molecule has 0 aliphatic carbocycles. The molecular weight excluding hydrogens is 196 g/mol. The predicted molar refractivity (Wildman–Crippen MR) is 61.3 cm³/mol. The van der Waals surface area contributed by atoms with Gasteiger partial charge in [0, 0.05) is 19.0 Å². The highest BCUT2D eigenvalue weighted by molar-refractivity contribution is 7.99. The van der Waals surface area contributed by atoms with E-state index in [1.54, 1.807) is 0 Å². The van der Waals surface area contributed by atoms with Crippen LogP contribution in [0.4, 0.5) is 0 Å². The molecule has 1 fully saturated rings. The van der Waals surface area contributed by atoms with Crippen molar-refractivity contribution in [2.24, 2.45) is 11.7 Å². The average Bonchev–Trinajstić information content (AvgIpc) is 2.63. The Bertz CT molecular complexity index is 179. The molecule has 14 heavy (non-hydrogen) atoms. The molecule has 0 aromatic carbocycles. The third kappa shape index (κ3) is 4.86. The second-order valence-electron chi connectivity index (χ2n) is 4.05. The van der Waals surface area contributed by atoms with Crippen molar-refractivity contribution in [1.82, 2.24) is 5.32 Å². The number of rotatable bonds is 5. The summed E-state index contributed by atoms with van der Waals surface area (Å²) in [6.07, 6.45) is 2.60. The zero-order chi connectivity index (χ0) is 10.4. The van der Waals surface area contributed by atoms with Crippen LogP contribution in [0, 0.1) is 5.92 Å².